The van der Waals surface area contributed by atoms with Gasteiger partial charge in [0.15, 0.2) is 6.33 Å². The van der Waals surface area contributed by atoms with Crippen molar-refractivity contribution in [2.75, 3.05) is 0 Å². The van der Waals surface area contributed by atoms with Crippen molar-refractivity contribution in [2.45, 2.75) is 12.4 Å². The van der Waals surface area contributed by atoms with E-state index in [0.717, 1.165) is 7.05 Å². The van der Waals surface area contributed by atoms with E-state index < -0.39 is 23.7 Å². The Balaban J connectivity index is 2.78. The topological polar surface area (TPSA) is 21.7 Å². The van der Waals surface area contributed by atoms with Gasteiger partial charge in [-0.25, -0.2) is 0 Å². The van der Waals surface area contributed by atoms with Gasteiger partial charge in [-0.1, -0.05) is 6.07 Å². The lowest BCUT2D eigenvalue weighted by Gasteiger charge is -2.10. The molecule has 0 bridgehead atoms. The normalized spacial score (nSPS) is 12.8. The number of hydrogen-bond acceptors (Lipinski definition) is 1. The molecule has 9 heteroatoms. The second-order valence-corrected chi connectivity index (χ2v) is 3.98. The van der Waals surface area contributed by atoms with Crippen molar-refractivity contribution in [3.63, 3.8) is 0 Å². The molecule has 0 saturated carbocycles. The first kappa shape index (κ1) is 14.4. The number of hydrogen-bond donors (Lipinski definition) is 0. The van der Waals surface area contributed by atoms with Crippen LogP contribution < -0.4 is 4.57 Å². The second kappa shape index (κ2) is 4.50. The average Bonchev–Trinajstić information content (AvgIpc) is 2.67. The summed E-state index contributed by atoms with van der Waals surface area (Å²) in [4.78, 5) is 3.64. The smallest absolute Gasteiger partial charge is 0.261 e. The van der Waals surface area contributed by atoms with Gasteiger partial charge in [-0.05, 0) is 6.07 Å². The molecule has 0 atom stereocenters. The van der Waals surface area contributed by atoms with E-state index in [1.54, 1.807) is 0 Å². The van der Waals surface area contributed by atoms with Crippen molar-refractivity contribution in [2.24, 2.45) is 7.05 Å². The quantitative estimate of drug-likeness (QED) is 0.586. The number of imidazole rings is 1. The molecule has 0 unspecified atom stereocenters. The van der Waals surface area contributed by atoms with Gasteiger partial charge >= 0.3 is 12.4 Å². The standard InChI is InChI=1S/C11H8F6N3/c1-19-6-20(7-4-2-3-5-18-7)9(11(15,16)17)8(19)10(12,13)14/h2-6H,1H3/q+1. The summed E-state index contributed by atoms with van der Waals surface area (Å²) in [5.74, 6) is -0.245. The lowest BCUT2D eigenvalue weighted by molar-refractivity contribution is -0.623. The number of aryl methyl sites for hydroxylation is 1. The Morgan fingerprint density at radius 2 is 1.70 bits per heavy atom. The second-order valence-electron chi connectivity index (χ2n) is 3.98. The van der Waals surface area contributed by atoms with Gasteiger partial charge in [0.05, 0.1) is 7.05 Å². The Kier molecular flexibility index (Phi) is 3.23. The molecular formula is C11H8F6N3+. The molecule has 0 aliphatic carbocycles. The summed E-state index contributed by atoms with van der Waals surface area (Å²) < 4.78 is 78.1. The van der Waals surface area contributed by atoms with E-state index in [2.05, 4.69) is 4.98 Å². The van der Waals surface area contributed by atoms with E-state index in [4.69, 9.17) is 0 Å². The Morgan fingerprint density at radius 1 is 1.05 bits per heavy atom. The number of aromatic nitrogens is 3. The number of nitrogens with zero attached hydrogens (tertiary/aromatic N) is 3. The fraction of sp³-hybridized carbons (Fsp3) is 0.273. The first-order valence-electron chi connectivity index (χ1n) is 5.29. The molecule has 3 nitrogen and oxygen atoms in total. The lowest BCUT2D eigenvalue weighted by atomic mass is 10.3. The molecule has 2 heterocycles. The summed E-state index contributed by atoms with van der Waals surface area (Å²) in [6, 6.07) is 4.02. The third kappa shape index (κ3) is 2.47. The monoisotopic (exact) mass is 296 g/mol. The number of rotatable bonds is 1. The van der Waals surface area contributed by atoms with Gasteiger partial charge in [0, 0.05) is 6.07 Å². The molecule has 0 spiro atoms. The average molecular weight is 296 g/mol. The van der Waals surface area contributed by atoms with Crippen LogP contribution in [0.2, 0.25) is 0 Å². The third-order valence-corrected chi connectivity index (χ3v) is 2.54. The van der Waals surface area contributed by atoms with E-state index in [9.17, 15) is 26.3 Å². The van der Waals surface area contributed by atoms with Crippen LogP contribution in [0.1, 0.15) is 11.4 Å². The van der Waals surface area contributed by atoms with Crippen LogP contribution in [0.5, 0.6) is 0 Å². The minimum Gasteiger partial charge on any atom is -0.261 e. The molecule has 2 aromatic rings. The minimum absolute atomic E-state index is 0.245. The van der Waals surface area contributed by atoms with Crippen molar-refractivity contribution in [1.82, 2.24) is 9.55 Å². The minimum atomic E-state index is -5.16. The molecule has 0 aliphatic rings. The molecule has 0 amide bonds. The Hall–Kier alpha value is -2.06. The predicted octanol–water partition coefficient (Wildman–Crippen LogP) is 2.73. The Bertz CT molecular complexity index is 612. The predicted molar refractivity (Wildman–Crippen MR) is 54.7 cm³/mol. The molecule has 0 fully saturated rings. The SMILES string of the molecule is Cn1c[n+](-c2ccccn2)c(C(F)(F)F)c1C(F)(F)F. The summed E-state index contributed by atoms with van der Waals surface area (Å²) in [7, 11) is 0.900. The molecular weight excluding hydrogens is 288 g/mol. The van der Waals surface area contributed by atoms with Gasteiger partial charge in [0.1, 0.15) is 6.20 Å². The van der Waals surface area contributed by atoms with Crippen molar-refractivity contribution < 1.29 is 30.9 Å². The van der Waals surface area contributed by atoms with Gasteiger partial charge in [-0.3, -0.25) is 4.57 Å². The first-order valence-corrected chi connectivity index (χ1v) is 5.29. The van der Waals surface area contributed by atoms with E-state index in [-0.39, 0.29) is 5.82 Å². The summed E-state index contributed by atoms with van der Waals surface area (Å²) in [5.41, 5.74) is -3.57. The van der Waals surface area contributed by atoms with Crippen molar-refractivity contribution in [1.29, 1.82) is 0 Å². The van der Waals surface area contributed by atoms with Crippen molar-refractivity contribution in [3.8, 4) is 5.82 Å². The number of pyridine rings is 1. The Morgan fingerprint density at radius 3 is 2.15 bits per heavy atom. The fourth-order valence-corrected chi connectivity index (χ4v) is 1.84. The van der Waals surface area contributed by atoms with Gasteiger partial charge in [0.2, 0.25) is 11.4 Å². The molecule has 2 rings (SSSR count). The fourth-order valence-electron chi connectivity index (χ4n) is 1.84. The summed E-state index contributed by atoms with van der Waals surface area (Å²) >= 11 is 0. The third-order valence-electron chi connectivity index (χ3n) is 2.54. The van der Waals surface area contributed by atoms with E-state index in [1.165, 1.54) is 24.4 Å². The zero-order chi connectivity index (χ0) is 15.1. The molecule has 2 aromatic heterocycles. The number of halogens is 6. The molecule has 0 aromatic carbocycles. The zero-order valence-electron chi connectivity index (χ0n) is 10.00. The van der Waals surface area contributed by atoms with Crippen LogP contribution >= 0.6 is 0 Å². The highest BCUT2D eigenvalue weighted by Crippen LogP contribution is 2.38. The lowest BCUT2D eigenvalue weighted by Crippen LogP contribution is -2.39. The van der Waals surface area contributed by atoms with Crippen LogP contribution in [0.3, 0.4) is 0 Å². The van der Waals surface area contributed by atoms with Crippen LogP contribution in [0.4, 0.5) is 26.3 Å². The number of alkyl halides is 6. The maximum absolute atomic E-state index is 13.0. The molecule has 20 heavy (non-hydrogen) atoms. The van der Waals surface area contributed by atoms with Crippen LogP contribution in [0.15, 0.2) is 30.7 Å². The molecule has 108 valence electrons. The van der Waals surface area contributed by atoms with E-state index in [1.807, 2.05) is 0 Å². The molecule has 0 N–H and O–H groups in total. The van der Waals surface area contributed by atoms with Crippen LogP contribution in [0, 0.1) is 0 Å². The summed E-state index contributed by atoms with van der Waals surface area (Å²) in [6.45, 7) is 0. The van der Waals surface area contributed by atoms with E-state index in [0.29, 0.717) is 15.5 Å². The largest absolute Gasteiger partial charge is 0.449 e. The maximum atomic E-state index is 13.0. The summed E-state index contributed by atoms with van der Waals surface area (Å²) in [6.07, 6.45) is -8.39. The van der Waals surface area contributed by atoms with Crippen molar-refractivity contribution >= 4 is 0 Å². The van der Waals surface area contributed by atoms with Gasteiger partial charge < -0.3 is 0 Å². The molecule has 0 saturated heterocycles. The Labute approximate surface area is 109 Å². The van der Waals surface area contributed by atoms with E-state index >= 15 is 0 Å². The van der Waals surface area contributed by atoms with Crippen LogP contribution in [-0.4, -0.2) is 9.55 Å². The maximum Gasteiger partial charge on any atom is 0.449 e. The van der Waals surface area contributed by atoms with Gasteiger partial charge in [-0.2, -0.15) is 30.9 Å². The highest BCUT2D eigenvalue weighted by molar-refractivity contribution is 5.19. The molecule has 0 radical (unpaired) electrons. The van der Waals surface area contributed by atoms with Crippen LogP contribution in [0.25, 0.3) is 5.82 Å². The van der Waals surface area contributed by atoms with Crippen LogP contribution in [-0.2, 0) is 19.4 Å². The summed E-state index contributed by atoms with van der Waals surface area (Å²) in [5, 5.41) is 0. The molecule has 0 aliphatic heterocycles. The highest BCUT2D eigenvalue weighted by Gasteiger charge is 2.52. The van der Waals surface area contributed by atoms with Crippen molar-refractivity contribution in [3.05, 3.63) is 42.1 Å². The first-order chi connectivity index (χ1) is 9.12. The zero-order valence-corrected chi connectivity index (χ0v) is 10.00. The van der Waals surface area contributed by atoms with Gasteiger partial charge in [0.25, 0.3) is 5.82 Å². The highest BCUT2D eigenvalue weighted by atomic mass is 19.4. The van der Waals surface area contributed by atoms with Gasteiger partial charge in [-0.15, -0.1) is 4.98 Å².